The van der Waals surface area contributed by atoms with Crippen molar-refractivity contribution in [3.63, 3.8) is 0 Å². The summed E-state index contributed by atoms with van der Waals surface area (Å²) in [7, 11) is -2.05. The predicted molar refractivity (Wildman–Crippen MR) is 127 cm³/mol. The molecular weight excluding hydrogens is 440 g/mol. The van der Waals surface area contributed by atoms with Crippen LogP contribution in [-0.4, -0.2) is 67.5 Å². The van der Waals surface area contributed by atoms with E-state index in [1.165, 1.54) is 9.88 Å². The van der Waals surface area contributed by atoms with Gasteiger partial charge in [-0.1, -0.05) is 25.5 Å². The second-order valence-corrected chi connectivity index (χ2v) is 11.7. The first-order valence-corrected chi connectivity index (χ1v) is 13.5. The van der Waals surface area contributed by atoms with Crippen LogP contribution >= 0.6 is 0 Å². The number of aliphatic hydroxyl groups is 1. The van der Waals surface area contributed by atoms with Crippen LogP contribution < -0.4 is 4.74 Å². The van der Waals surface area contributed by atoms with Crippen LogP contribution in [-0.2, 0) is 14.8 Å². The minimum Gasteiger partial charge on any atom is -0.487 e. The third-order valence-electron chi connectivity index (χ3n) is 7.36. The summed E-state index contributed by atoms with van der Waals surface area (Å²) in [4.78, 5) is 14.6. The number of allylic oxidation sites excluding steroid dienone is 2. The Bertz CT molecular complexity index is 1020. The molecule has 0 aromatic heterocycles. The highest BCUT2D eigenvalue weighted by Gasteiger charge is 2.39. The molecular formula is C25H36N2O5S. The van der Waals surface area contributed by atoms with Crippen molar-refractivity contribution in [3.8, 4) is 5.75 Å². The van der Waals surface area contributed by atoms with Gasteiger partial charge in [0.05, 0.1) is 13.2 Å². The second kappa shape index (κ2) is 9.76. The maximum atomic E-state index is 13.6. The topological polar surface area (TPSA) is 87.2 Å². The third kappa shape index (κ3) is 4.84. The number of benzene rings is 1. The van der Waals surface area contributed by atoms with E-state index < -0.39 is 16.1 Å². The lowest BCUT2D eigenvalue weighted by Gasteiger charge is -2.38. The van der Waals surface area contributed by atoms with Gasteiger partial charge in [-0.3, -0.25) is 4.79 Å². The first-order valence-electron chi connectivity index (χ1n) is 12.1. The Morgan fingerprint density at radius 1 is 1.30 bits per heavy atom. The number of aliphatic hydroxyl groups excluding tert-OH is 1. The van der Waals surface area contributed by atoms with E-state index in [1.807, 2.05) is 19.1 Å². The first-order chi connectivity index (χ1) is 15.7. The Kier molecular flexibility index (Phi) is 7.17. The molecule has 1 N–H and O–H groups in total. The van der Waals surface area contributed by atoms with Crippen molar-refractivity contribution in [1.82, 2.24) is 9.21 Å². The van der Waals surface area contributed by atoms with E-state index >= 15 is 0 Å². The third-order valence-corrected chi connectivity index (χ3v) is 9.38. The van der Waals surface area contributed by atoms with Crippen molar-refractivity contribution in [2.45, 2.75) is 69.4 Å². The summed E-state index contributed by atoms with van der Waals surface area (Å²) in [6.45, 7) is 4.01. The molecule has 8 heteroatoms. The molecule has 1 aromatic carbocycles. The molecule has 3 aliphatic rings. The summed E-state index contributed by atoms with van der Waals surface area (Å²) in [5, 5.41) is 9.78. The Morgan fingerprint density at radius 3 is 2.67 bits per heavy atom. The summed E-state index contributed by atoms with van der Waals surface area (Å²) in [6, 6.07) is 4.76. The van der Waals surface area contributed by atoms with Gasteiger partial charge in [-0.25, -0.2) is 8.42 Å². The van der Waals surface area contributed by atoms with Crippen molar-refractivity contribution < 1.29 is 23.1 Å². The number of hydrogen-bond donors (Lipinski definition) is 1. The predicted octanol–water partition coefficient (Wildman–Crippen LogP) is 3.28. The van der Waals surface area contributed by atoms with Gasteiger partial charge in [0.1, 0.15) is 16.7 Å². The SMILES string of the molecule is C[C@H]1CN([C@@H](C)CO)S(=O)(=O)c2ccc(C3=CCCC3)cc2O[C@@H]1CN(C)C(=O)C1CCC1. The Hall–Kier alpha value is -1.90. The highest BCUT2D eigenvalue weighted by molar-refractivity contribution is 7.89. The van der Waals surface area contributed by atoms with Crippen LogP contribution in [0.15, 0.2) is 29.2 Å². The molecule has 1 aromatic rings. The van der Waals surface area contributed by atoms with Crippen LogP contribution in [0, 0.1) is 11.8 Å². The number of likely N-dealkylation sites (N-methyl/N-ethyl adjacent to an activating group) is 1. The number of carbonyl (C=O) groups excluding carboxylic acids is 1. The van der Waals surface area contributed by atoms with Gasteiger partial charge in [-0.2, -0.15) is 4.31 Å². The molecule has 7 nitrogen and oxygen atoms in total. The number of fused-ring (bicyclic) bond motifs is 1. The number of hydrogen-bond acceptors (Lipinski definition) is 5. The normalized spacial score (nSPS) is 26.2. The Morgan fingerprint density at radius 2 is 2.06 bits per heavy atom. The molecule has 33 heavy (non-hydrogen) atoms. The van der Waals surface area contributed by atoms with Gasteiger partial charge < -0.3 is 14.7 Å². The van der Waals surface area contributed by atoms with Gasteiger partial charge in [0, 0.05) is 31.5 Å². The highest BCUT2D eigenvalue weighted by Crippen LogP contribution is 2.37. The van der Waals surface area contributed by atoms with Gasteiger partial charge in [0.25, 0.3) is 0 Å². The smallest absolute Gasteiger partial charge is 0.247 e. The van der Waals surface area contributed by atoms with Gasteiger partial charge in [-0.15, -0.1) is 0 Å². The fourth-order valence-electron chi connectivity index (χ4n) is 4.90. The molecule has 0 bridgehead atoms. The van der Waals surface area contributed by atoms with Crippen molar-refractivity contribution in [2.75, 3.05) is 26.7 Å². The van der Waals surface area contributed by atoms with E-state index in [2.05, 4.69) is 6.08 Å². The van der Waals surface area contributed by atoms with Gasteiger partial charge in [0.15, 0.2) is 0 Å². The van der Waals surface area contributed by atoms with Crippen LogP contribution in [0.3, 0.4) is 0 Å². The molecule has 4 rings (SSSR count). The zero-order chi connectivity index (χ0) is 23.8. The Balaban J connectivity index is 1.71. The summed E-state index contributed by atoms with van der Waals surface area (Å²) in [5.41, 5.74) is 2.19. The molecule has 1 saturated carbocycles. The number of nitrogens with zero attached hydrogens (tertiary/aromatic N) is 2. The van der Waals surface area contributed by atoms with E-state index in [9.17, 15) is 18.3 Å². The quantitative estimate of drug-likeness (QED) is 0.681. The lowest BCUT2D eigenvalue weighted by molar-refractivity contribution is -0.138. The van der Waals surface area contributed by atoms with E-state index in [-0.39, 0.29) is 41.9 Å². The maximum absolute atomic E-state index is 13.6. The van der Waals surface area contributed by atoms with E-state index in [1.54, 1.807) is 24.9 Å². The minimum atomic E-state index is -3.86. The largest absolute Gasteiger partial charge is 0.487 e. The number of amides is 1. The summed E-state index contributed by atoms with van der Waals surface area (Å²) in [6.07, 6.45) is 7.90. The highest BCUT2D eigenvalue weighted by atomic mass is 32.2. The average molecular weight is 477 g/mol. The number of sulfonamides is 1. The number of carbonyl (C=O) groups is 1. The van der Waals surface area contributed by atoms with Crippen molar-refractivity contribution in [3.05, 3.63) is 29.8 Å². The molecule has 1 aliphatic heterocycles. The standard InChI is InChI=1S/C25H36N2O5S/c1-17-14-27(18(2)16-28)33(30,31)24-12-11-21(19-7-4-5-8-19)13-22(24)32-23(17)15-26(3)25(29)20-9-6-10-20/h7,11-13,17-18,20,23,28H,4-6,8-10,14-16H2,1-3H3/t17-,18-,23+/m0/s1. The molecule has 182 valence electrons. The Labute approximate surface area is 197 Å². The second-order valence-electron chi connectivity index (χ2n) is 9.87. The monoisotopic (exact) mass is 476 g/mol. The zero-order valence-corrected chi connectivity index (χ0v) is 20.7. The van der Waals surface area contributed by atoms with Crippen molar-refractivity contribution in [2.24, 2.45) is 11.8 Å². The van der Waals surface area contributed by atoms with Crippen LogP contribution in [0.5, 0.6) is 5.75 Å². The molecule has 0 saturated heterocycles. The van der Waals surface area contributed by atoms with Crippen LogP contribution in [0.25, 0.3) is 5.57 Å². The van der Waals surface area contributed by atoms with Crippen molar-refractivity contribution >= 4 is 21.5 Å². The van der Waals surface area contributed by atoms with E-state index in [0.717, 1.165) is 44.1 Å². The molecule has 3 atom stereocenters. The number of rotatable bonds is 6. The first kappa shape index (κ1) is 24.2. The van der Waals surface area contributed by atoms with Gasteiger partial charge >= 0.3 is 0 Å². The lowest BCUT2D eigenvalue weighted by atomic mass is 9.84. The van der Waals surface area contributed by atoms with Crippen LogP contribution in [0.4, 0.5) is 0 Å². The molecule has 2 aliphatic carbocycles. The van der Waals surface area contributed by atoms with E-state index in [4.69, 9.17) is 4.74 Å². The van der Waals surface area contributed by atoms with Gasteiger partial charge in [0.2, 0.25) is 15.9 Å². The minimum absolute atomic E-state index is 0.0957. The van der Waals surface area contributed by atoms with Crippen molar-refractivity contribution in [1.29, 1.82) is 0 Å². The van der Waals surface area contributed by atoms with Crippen LogP contribution in [0.1, 0.15) is 57.9 Å². The van der Waals surface area contributed by atoms with Crippen LogP contribution in [0.2, 0.25) is 0 Å². The average Bonchev–Trinajstić information content (AvgIpc) is 3.29. The van der Waals surface area contributed by atoms with Gasteiger partial charge in [-0.05, 0) is 62.3 Å². The maximum Gasteiger partial charge on any atom is 0.247 e. The molecule has 1 heterocycles. The fourth-order valence-corrected chi connectivity index (χ4v) is 6.73. The zero-order valence-electron chi connectivity index (χ0n) is 19.9. The number of ether oxygens (including phenoxy) is 1. The molecule has 0 spiro atoms. The molecule has 1 fully saturated rings. The van der Waals surface area contributed by atoms with E-state index in [0.29, 0.717) is 12.3 Å². The summed E-state index contributed by atoms with van der Waals surface area (Å²) in [5.74, 6) is 0.389. The fraction of sp³-hybridized carbons (Fsp3) is 0.640. The molecule has 0 unspecified atom stereocenters. The lowest BCUT2D eigenvalue weighted by Crippen LogP contribution is -2.50. The summed E-state index contributed by atoms with van der Waals surface area (Å²) >= 11 is 0. The molecule has 1 amide bonds. The molecule has 0 radical (unpaired) electrons. The summed E-state index contributed by atoms with van der Waals surface area (Å²) < 4.78 is 35.0.